The fourth-order valence-electron chi connectivity index (χ4n) is 3.13. The molecule has 5 nitrogen and oxygen atoms in total. The maximum absolute atomic E-state index is 12.8. The van der Waals surface area contributed by atoms with Crippen molar-refractivity contribution in [1.29, 1.82) is 0 Å². The zero-order chi connectivity index (χ0) is 19.3. The lowest BCUT2D eigenvalue weighted by Gasteiger charge is -2.31. The summed E-state index contributed by atoms with van der Waals surface area (Å²) in [5.41, 5.74) is 1.15. The Bertz CT molecular complexity index is 690. The lowest BCUT2D eigenvalue weighted by atomic mass is 9.96. The highest BCUT2D eigenvalue weighted by molar-refractivity contribution is 7.89. The fraction of sp³-hybridized carbons (Fsp3) is 0.650. The Morgan fingerprint density at radius 2 is 1.73 bits per heavy atom. The van der Waals surface area contributed by atoms with Crippen molar-refractivity contribution in [3.05, 3.63) is 29.8 Å². The van der Waals surface area contributed by atoms with Gasteiger partial charge in [0.25, 0.3) is 0 Å². The predicted molar refractivity (Wildman–Crippen MR) is 104 cm³/mol. The molecule has 0 aliphatic carbocycles. The van der Waals surface area contributed by atoms with E-state index in [9.17, 15) is 13.2 Å². The highest BCUT2D eigenvalue weighted by Crippen LogP contribution is 2.24. The molecule has 26 heavy (non-hydrogen) atoms. The first kappa shape index (κ1) is 20.9. The number of hydrogen-bond acceptors (Lipinski definition) is 3. The highest BCUT2D eigenvalue weighted by Gasteiger charge is 2.32. The molecule has 1 unspecified atom stereocenters. The van der Waals surface area contributed by atoms with Crippen LogP contribution in [0.1, 0.15) is 52.5 Å². The Labute approximate surface area is 158 Å². The van der Waals surface area contributed by atoms with E-state index in [1.165, 1.54) is 4.31 Å². The molecule has 0 aromatic heterocycles. The zero-order valence-electron chi connectivity index (χ0n) is 16.4. The molecule has 1 N–H and O–H groups in total. The third-order valence-electron chi connectivity index (χ3n) is 5.29. The van der Waals surface area contributed by atoms with Gasteiger partial charge in [0.05, 0.1) is 4.90 Å². The summed E-state index contributed by atoms with van der Waals surface area (Å²) in [6.45, 7) is 9.05. The Morgan fingerprint density at radius 3 is 2.23 bits per heavy atom. The summed E-state index contributed by atoms with van der Waals surface area (Å²) in [4.78, 5) is 12.7. The van der Waals surface area contributed by atoms with Crippen LogP contribution in [-0.4, -0.2) is 37.8 Å². The van der Waals surface area contributed by atoms with Crippen molar-refractivity contribution < 1.29 is 13.2 Å². The molecule has 0 radical (unpaired) electrons. The second-order valence-electron chi connectivity index (χ2n) is 7.61. The van der Waals surface area contributed by atoms with Crippen LogP contribution in [0.25, 0.3) is 0 Å². The molecule has 6 heteroatoms. The van der Waals surface area contributed by atoms with Crippen molar-refractivity contribution in [2.75, 3.05) is 13.1 Å². The van der Waals surface area contributed by atoms with Crippen LogP contribution in [0.3, 0.4) is 0 Å². The maximum Gasteiger partial charge on any atom is 0.243 e. The van der Waals surface area contributed by atoms with Crippen molar-refractivity contribution >= 4 is 15.9 Å². The van der Waals surface area contributed by atoms with Gasteiger partial charge in [-0.1, -0.05) is 39.3 Å². The fourth-order valence-corrected chi connectivity index (χ4v) is 4.60. The molecule has 146 valence electrons. The quantitative estimate of drug-likeness (QED) is 0.790. The molecule has 1 amide bonds. The normalized spacial score (nSPS) is 18.0. The van der Waals surface area contributed by atoms with E-state index in [1.807, 2.05) is 19.1 Å². The van der Waals surface area contributed by atoms with Crippen molar-refractivity contribution in [1.82, 2.24) is 9.62 Å². The van der Waals surface area contributed by atoms with Crippen LogP contribution in [0, 0.1) is 11.8 Å². The minimum absolute atomic E-state index is 0.0483. The van der Waals surface area contributed by atoms with Gasteiger partial charge in [0.15, 0.2) is 0 Å². The van der Waals surface area contributed by atoms with E-state index in [1.54, 1.807) is 12.1 Å². The molecule has 1 aromatic rings. The van der Waals surface area contributed by atoms with E-state index in [-0.39, 0.29) is 17.9 Å². The molecule has 1 heterocycles. The van der Waals surface area contributed by atoms with E-state index in [4.69, 9.17) is 0 Å². The van der Waals surface area contributed by atoms with Gasteiger partial charge >= 0.3 is 0 Å². The van der Waals surface area contributed by atoms with Gasteiger partial charge in [-0.2, -0.15) is 4.31 Å². The standard InChI is InChI=1S/C20H32N2O3S/c1-5-6-17-7-9-19(10-8-17)26(24,25)22-13-11-18(12-14-22)20(23)21-16(4)15(2)3/h7-10,15-16,18H,5-6,11-14H2,1-4H3,(H,21,23). The number of aryl methyl sites for hydroxylation is 1. The molecule has 1 aromatic carbocycles. The Morgan fingerprint density at radius 1 is 1.15 bits per heavy atom. The molecule has 0 spiro atoms. The summed E-state index contributed by atoms with van der Waals surface area (Å²) in [6.07, 6.45) is 3.14. The highest BCUT2D eigenvalue weighted by atomic mass is 32.2. The van der Waals surface area contributed by atoms with Crippen molar-refractivity contribution in [2.45, 2.75) is 64.3 Å². The number of hydrogen-bond donors (Lipinski definition) is 1. The van der Waals surface area contributed by atoms with Gasteiger partial charge in [-0.05, 0) is 49.8 Å². The van der Waals surface area contributed by atoms with Crippen LogP contribution in [0.15, 0.2) is 29.2 Å². The van der Waals surface area contributed by atoms with Gasteiger partial charge in [-0.15, -0.1) is 0 Å². The molecule has 0 saturated carbocycles. The zero-order valence-corrected chi connectivity index (χ0v) is 17.2. The third-order valence-corrected chi connectivity index (χ3v) is 7.21. The van der Waals surface area contributed by atoms with E-state index in [2.05, 4.69) is 26.1 Å². The number of carbonyl (C=O) groups is 1. The van der Waals surface area contributed by atoms with Gasteiger partial charge < -0.3 is 5.32 Å². The summed E-state index contributed by atoms with van der Waals surface area (Å²) < 4.78 is 27.2. The number of rotatable bonds is 7. The summed E-state index contributed by atoms with van der Waals surface area (Å²) in [7, 11) is -3.48. The van der Waals surface area contributed by atoms with Crippen molar-refractivity contribution in [2.24, 2.45) is 11.8 Å². The molecular formula is C20H32N2O3S. The lowest BCUT2D eigenvalue weighted by Crippen LogP contribution is -2.45. The Hall–Kier alpha value is -1.40. The SMILES string of the molecule is CCCc1ccc(S(=O)(=O)N2CCC(C(=O)NC(C)C(C)C)CC2)cc1. The number of amides is 1. The van der Waals surface area contributed by atoms with Crippen LogP contribution in [-0.2, 0) is 21.2 Å². The van der Waals surface area contributed by atoms with E-state index in [0.29, 0.717) is 36.7 Å². The van der Waals surface area contributed by atoms with Crippen LogP contribution >= 0.6 is 0 Å². The first-order valence-corrected chi connectivity index (χ1v) is 11.1. The molecular weight excluding hydrogens is 348 g/mol. The third kappa shape index (κ3) is 5.07. The smallest absolute Gasteiger partial charge is 0.243 e. The van der Waals surface area contributed by atoms with E-state index >= 15 is 0 Å². The summed E-state index contributed by atoms with van der Waals surface area (Å²) in [5.74, 6) is 0.330. The Balaban J connectivity index is 1.96. The van der Waals surface area contributed by atoms with Gasteiger partial charge in [0.1, 0.15) is 0 Å². The topological polar surface area (TPSA) is 66.5 Å². The summed E-state index contributed by atoms with van der Waals surface area (Å²) >= 11 is 0. The Kier molecular flexibility index (Phi) is 7.24. The van der Waals surface area contributed by atoms with Crippen LogP contribution in [0.5, 0.6) is 0 Å². The predicted octanol–water partition coefficient (Wildman–Crippen LogP) is 3.20. The maximum atomic E-state index is 12.8. The van der Waals surface area contributed by atoms with Gasteiger partial charge in [0.2, 0.25) is 15.9 Å². The molecule has 1 fully saturated rings. The average molecular weight is 381 g/mol. The molecule has 1 atom stereocenters. The largest absolute Gasteiger partial charge is 0.353 e. The lowest BCUT2D eigenvalue weighted by molar-refractivity contribution is -0.127. The van der Waals surface area contributed by atoms with Crippen LogP contribution in [0.2, 0.25) is 0 Å². The average Bonchev–Trinajstić information content (AvgIpc) is 2.62. The van der Waals surface area contributed by atoms with Gasteiger partial charge in [-0.25, -0.2) is 8.42 Å². The van der Waals surface area contributed by atoms with Crippen molar-refractivity contribution in [3.63, 3.8) is 0 Å². The monoisotopic (exact) mass is 380 g/mol. The van der Waals surface area contributed by atoms with Gasteiger partial charge in [0, 0.05) is 25.0 Å². The number of sulfonamides is 1. The van der Waals surface area contributed by atoms with E-state index in [0.717, 1.165) is 18.4 Å². The summed E-state index contributed by atoms with van der Waals surface area (Å²) in [6, 6.07) is 7.31. The first-order chi connectivity index (χ1) is 12.3. The second kappa shape index (κ2) is 9.00. The van der Waals surface area contributed by atoms with Crippen molar-refractivity contribution in [3.8, 4) is 0 Å². The molecule has 1 aliphatic rings. The number of piperidine rings is 1. The number of nitrogens with zero attached hydrogens (tertiary/aromatic N) is 1. The number of benzene rings is 1. The minimum Gasteiger partial charge on any atom is -0.353 e. The van der Waals surface area contributed by atoms with Gasteiger partial charge in [-0.3, -0.25) is 4.79 Å². The molecule has 1 saturated heterocycles. The van der Waals surface area contributed by atoms with E-state index < -0.39 is 10.0 Å². The minimum atomic E-state index is -3.48. The first-order valence-electron chi connectivity index (χ1n) is 9.65. The van der Waals surface area contributed by atoms with Crippen LogP contribution < -0.4 is 5.32 Å². The van der Waals surface area contributed by atoms with Crippen LogP contribution in [0.4, 0.5) is 0 Å². The number of nitrogens with one attached hydrogen (secondary N) is 1. The summed E-state index contributed by atoms with van der Waals surface area (Å²) in [5, 5.41) is 3.05. The second-order valence-corrected chi connectivity index (χ2v) is 9.55. The molecule has 2 rings (SSSR count). The number of carbonyl (C=O) groups excluding carboxylic acids is 1. The molecule has 0 bridgehead atoms. The molecule has 1 aliphatic heterocycles.